The summed E-state index contributed by atoms with van der Waals surface area (Å²) in [5.74, 6) is -1.08. The summed E-state index contributed by atoms with van der Waals surface area (Å²) in [4.78, 5) is 11.4. The van der Waals surface area contributed by atoms with Gasteiger partial charge in [-0.3, -0.25) is 10.7 Å². The molecule has 3 unspecified atom stereocenters. The van der Waals surface area contributed by atoms with Crippen LogP contribution in [0.25, 0.3) is 5.57 Å². The second-order valence-electron chi connectivity index (χ2n) is 9.41. The SMILES string of the molecule is CC1=CN2C(=NC(N)N2C2CC3CCC(C2)N3c2ccnc(Cl)c2)C(c2ccc(F)c(F)c2)=C1. The van der Waals surface area contributed by atoms with E-state index >= 15 is 0 Å². The zero-order valence-corrected chi connectivity index (χ0v) is 19.5. The number of allylic oxidation sites excluding steroid dienone is 2. The summed E-state index contributed by atoms with van der Waals surface area (Å²) in [5.41, 5.74) is 9.98. The maximum Gasteiger partial charge on any atom is 0.173 e. The number of hydrogen-bond acceptors (Lipinski definition) is 6. The van der Waals surface area contributed by atoms with Crippen molar-refractivity contribution in [3.8, 4) is 0 Å². The van der Waals surface area contributed by atoms with Gasteiger partial charge >= 0.3 is 0 Å². The lowest BCUT2D eigenvalue weighted by atomic mass is 9.95. The van der Waals surface area contributed by atoms with E-state index in [0.29, 0.717) is 28.6 Å². The molecular weight excluding hydrogens is 458 g/mol. The molecule has 3 atom stereocenters. The largest absolute Gasteiger partial charge is 0.365 e. The highest BCUT2D eigenvalue weighted by Crippen LogP contribution is 2.43. The van der Waals surface area contributed by atoms with Crippen molar-refractivity contribution in [3.05, 3.63) is 76.7 Å². The van der Waals surface area contributed by atoms with Gasteiger partial charge in [0.2, 0.25) is 0 Å². The molecule has 4 aliphatic heterocycles. The third-order valence-corrected chi connectivity index (χ3v) is 7.46. The zero-order chi connectivity index (χ0) is 23.6. The van der Waals surface area contributed by atoms with Crippen molar-refractivity contribution in [2.45, 2.75) is 57.0 Å². The second-order valence-corrected chi connectivity index (χ2v) is 9.79. The first kappa shape index (κ1) is 21.7. The third kappa shape index (κ3) is 3.52. The van der Waals surface area contributed by atoms with Gasteiger partial charge in [0.05, 0.1) is 0 Å². The maximum atomic E-state index is 14.0. The quantitative estimate of drug-likeness (QED) is 0.643. The Kier molecular flexibility index (Phi) is 5.20. The van der Waals surface area contributed by atoms with Crippen LogP contribution in [0.3, 0.4) is 0 Å². The average molecular weight is 483 g/mol. The van der Waals surface area contributed by atoms with Crippen LogP contribution in [0.15, 0.2) is 59.4 Å². The molecule has 1 aromatic heterocycles. The number of benzene rings is 1. The lowest BCUT2D eigenvalue weighted by molar-refractivity contribution is -0.000107. The monoisotopic (exact) mass is 482 g/mol. The minimum absolute atomic E-state index is 0.204. The Balaban J connectivity index is 1.28. The van der Waals surface area contributed by atoms with Crippen LogP contribution in [0.1, 0.15) is 38.2 Å². The van der Waals surface area contributed by atoms with Crippen LogP contribution in [0.5, 0.6) is 0 Å². The van der Waals surface area contributed by atoms with E-state index in [9.17, 15) is 8.78 Å². The number of piperidine rings is 1. The molecule has 176 valence electrons. The van der Waals surface area contributed by atoms with E-state index in [1.165, 1.54) is 6.07 Å². The summed E-state index contributed by atoms with van der Waals surface area (Å²) in [5, 5.41) is 4.66. The fraction of sp³-hybridized carbons (Fsp3) is 0.360. The highest BCUT2D eigenvalue weighted by atomic mass is 35.5. The summed E-state index contributed by atoms with van der Waals surface area (Å²) < 4.78 is 27.5. The molecular formula is C25H25ClF2N6. The smallest absolute Gasteiger partial charge is 0.173 e. The molecule has 5 heterocycles. The van der Waals surface area contributed by atoms with Gasteiger partial charge in [0.1, 0.15) is 5.15 Å². The summed E-state index contributed by atoms with van der Waals surface area (Å²) in [6.07, 6.45) is 9.30. The molecule has 9 heteroatoms. The van der Waals surface area contributed by atoms with E-state index < -0.39 is 17.9 Å². The van der Waals surface area contributed by atoms with E-state index in [-0.39, 0.29) is 6.04 Å². The van der Waals surface area contributed by atoms with Crippen LogP contribution < -0.4 is 10.6 Å². The fourth-order valence-electron chi connectivity index (χ4n) is 5.93. The summed E-state index contributed by atoms with van der Waals surface area (Å²) in [7, 11) is 0. The maximum absolute atomic E-state index is 14.0. The van der Waals surface area contributed by atoms with Crippen LogP contribution in [-0.2, 0) is 0 Å². The van der Waals surface area contributed by atoms with Crippen LogP contribution in [0.4, 0.5) is 14.5 Å². The molecule has 1 aromatic carbocycles. The normalized spacial score (nSPS) is 28.6. The molecule has 0 saturated carbocycles. The predicted octanol–water partition coefficient (Wildman–Crippen LogP) is 4.69. The minimum Gasteiger partial charge on any atom is -0.365 e. The number of anilines is 1. The van der Waals surface area contributed by atoms with Crippen molar-refractivity contribution in [1.82, 2.24) is 15.0 Å². The molecule has 0 spiro atoms. The Morgan fingerprint density at radius 1 is 1.03 bits per heavy atom. The van der Waals surface area contributed by atoms with Gasteiger partial charge in [0.15, 0.2) is 23.8 Å². The highest BCUT2D eigenvalue weighted by molar-refractivity contribution is 6.29. The number of amidine groups is 1. The lowest BCUT2D eigenvalue weighted by Gasteiger charge is -2.46. The number of fused-ring (bicyclic) bond motifs is 3. The van der Waals surface area contributed by atoms with Crippen molar-refractivity contribution >= 4 is 28.7 Å². The van der Waals surface area contributed by atoms with Gasteiger partial charge in [-0.2, -0.15) is 5.01 Å². The zero-order valence-electron chi connectivity index (χ0n) is 18.7. The van der Waals surface area contributed by atoms with Crippen LogP contribution in [0.2, 0.25) is 5.15 Å². The predicted molar refractivity (Wildman–Crippen MR) is 129 cm³/mol. The molecule has 2 bridgehead atoms. The molecule has 6 rings (SSSR count). The summed E-state index contributed by atoms with van der Waals surface area (Å²) in [6, 6.07) is 8.88. The van der Waals surface area contributed by atoms with Crippen molar-refractivity contribution in [2.24, 2.45) is 10.7 Å². The van der Waals surface area contributed by atoms with E-state index in [0.717, 1.165) is 48.6 Å². The van der Waals surface area contributed by atoms with Crippen molar-refractivity contribution in [1.29, 1.82) is 0 Å². The molecule has 2 fully saturated rings. The Hall–Kier alpha value is -2.81. The number of aromatic nitrogens is 1. The number of halogens is 3. The summed E-state index contributed by atoms with van der Waals surface area (Å²) >= 11 is 6.16. The first-order valence-electron chi connectivity index (χ1n) is 11.6. The number of hydrazine groups is 1. The molecule has 4 aliphatic rings. The Morgan fingerprint density at radius 3 is 2.50 bits per heavy atom. The number of rotatable bonds is 3. The average Bonchev–Trinajstić information content (AvgIpc) is 3.27. The fourth-order valence-corrected chi connectivity index (χ4v) is 6.10. The van der Waals surface area contributed by atoms with Crippen LogP contribution in [0, 0.1) is 11.6 Å². The Morgan fingerprint density at radius 2 is 1.79 bits per heavy atom. The molecule has 34 heavy (non-hydrogen) atoms. The van der Waals surface area contributed by atoms with Gasteiger partial charge in [0, 0.05) is 41.8 Å². The Bertz CT molecular complexity index is 1230. The van der Waals surface area contributed by atoms with Gasteiger partial charge in [-0.05, 0) is 74.1 Å². The van der Waals surface area contributed by atoms with E-state index in [4.69, 9.17) is 22.3 Å². The first-order valence-corrected chi connectivity index (χ1v) is 11.9. The van der Waals surface area contributed by atoms with Crippen molar-refractivity contribution in [3.63, 3.8) is 0 Å². The number of hydrogen-bond donors (Lipinski definition) is 1. The molecule has 2 saturated heterocycles. The number of pyridine rings is 1. The van der Waals surface area contributed by atoms with E-state index in [2.05, 4.69) is 14.9 Å². The Labute approximate surface area is 202 Å². The molecule has 0 aliphatic carbocycles. The lowest BCUT2D eigenvalue weighted by Crippen LogP contribution is -2.57. The molecule has 2 aromatic rings. The number of aliphatic imine (C=N–C) groups is 1. The van der Waals surface area contributed by atoms with Gasteiger partial charge in [-0.1, -0.05) is 17.7 Å². The molecule has 0 radical (unpaired) electrons. The number of nitrogens with two attached hydrogens (primary N) is 1. The highest BCUT2D eigenvalue weighted by Gasteiger charge is 2.47. The van der Waals surface area contributed by atoms with Crippen molar-refractivity contribution < 1.29 is 8.78 Å². The second kappa shape index (κ2) is 8.15. The van der Waals surface area contributed by atoms with Crippen LogP contribution >= 0.6 is 11.6 Å². The van der Waals surface area contributed by atoms with E-state index in [1.54, 1.807) is 12.3 Å². The standard InChI is InChI=1S/C25H25ClF2N6/c1-14-8-20(15-2-5-21(27)22(28)9-15)24-31-25(29)34(32(24)13-14)19-10-16-3-4-17(11-19)33(16)18-6-7-30-23(26)12-18/h2,5-9,12-13,16-17,19,25H,3-4,10-11,29H2,1H3. The topological polar surface area (TPSA) is 61.0 Å². The van der Waals surface area contributed by atoms with Gasteiger partial charge in [0.25, 0.3) is 0 Å². The molecule has 2 N–H and O–H groups in total. The van der Waals surface area contributed by atoms with Crippen molar-refractivity contribution in [2.75, 3.05) is 4.90 Å². The van der Waals surface area contributed by atoms with Gasteiger partial charge < -0.3 is 4.90 Å². The van der Waals surface area contributed by atoms with Gasteiger partial charge in [-0.15, -0.1) is 0 Å². The minimum atomic E-state index is -0.878. The third-order valence-electron chi connectivity index (χ3n) is 7.25. The summed E-state index contributed by atoms with van der Waals surface area (Å²) in [6.45, 7) is 1.98. The molecule has 6 nitrogen and oxygen atoms in total. The first-order chi connectivity index (χ1) is 16.4. The van der Waals surface area contributed by atoms with E-state index in [1.807, 2.05) is 36.3 Å². The molecule has 0 amide bonds. The van der Waals surface area contributed by atoms with Crippen LogP contribution in [-0.4, -0.2) is 45.3 Å². The number of nitrogens with zero attached hydrogens (tertiary/aromatic N) is 5. The van der Waals surface area contributed by atoms with Gasteiger partial charge in [-0.25, -0.2) is 18.8 Å².